The largest absolute Gasteiger partial charge is 0.417 e. The fraction of sp³-hybridized carbons (Fsp3) is 0.0678. The smallest absolute Gasteiger partial charge is 0.309 e. The summed E-state index contributed by atoms with van der Waals surface area (Å²) < 4.78 is 48.9. The van der Waals surface area contributed by atoms with Crippen LogP contribution in [0.2, 0.25) is 0 Å². The molecule has 6 heteroatoms. The number of para-hydroxylation sites is 2. The third-order valence-corrected chi connectivity index (χ3v) is 12.9. The van der Waals surface area contributed by atoms with Crippen molar-refractivity contribution in [2.24, 2.45) is 0 Å². The minimum absolute atomic E-state index is 0.116. The standard InChI is InChI=1S/C59H40F3N3/c1-36-16-20-39(21-17-36)41-24-29-55-48(32-41)45-11-5-7-14-53(45)64(55)44-27-28-52(63-4)47(35-44)50-34-43(58-38(3)10-9-13-51(58)59(60,61)62)26-31-57(50)65-54-15-8-6-12-46(54)49-33-42(25-30-56(49)65)40-22-18-37(2)19-23-40/h5-35H,1-3H3. The van der Waals surface area contributed by atoms with E-state index in [-0.39, 0.29) is 5.56 Å². The Morgan fingerprint density at radius 1 is 0.431 bits per heavy atom. The van der Waals surface area contributed by atoms with Gasteiger partial charge in [0, 0.05) is 27.2 Å². The van der Waals surface area contributed by atoms with Crippen LogP contribution in [0.15, 0.2) is 188 Å². The number of halogens is 3. The van der Waals surface area contributed by atoms with Gasteiger partial charge < -0.3 is 9.13 Å². The van der Waals surface area contributed by atoms with Gasteiger partial charge in [0.05, 0.1) is 39.9 Å². The van der Waals surface area contributed by atoms with E-state index in [2.05, 4.69) is 137 Å². The molecule has 0 saturated carbocycles. The number of fused-ring (bicyclic) bond motifs is 6. The molecule has 9 aromatic carbocycles. The van der Waals surface area contributed by atoms with Crippen LogP contribution in [0.4, 0.5) is 18.9 Å². The van der Waals surface area contributed by atoms with E-state index in [1.807, 2.05) is 54.6 Å². The highest BCUT2D eigenvalue weighted by atomic mass is 19.4. The summed E-state index contributed by atoms with van der Waals surface area (Å²) in [6, 6.07) is 62.3. The van der Waals surface area contributed by atoms with Crippen LogP contribution in [-0.4, -0.2) is 9.13 Å². The number of benzene rings is 9. The van der Waals surface area contributed by atoms with E-state index in [4.69, 9.17) is 6.57 Å². The summed E-state index contributed by atoms with van der Waals surface area (Å²) in [5, 5.41) is 4.26. The van der Waals surface area contributed by atoms with Crippen LogP contribution in [0.1, 0.15) is 22.3 Å². The quantitative estimate of drug-likeness (QED) is 0.148. The molecule has 2 aromatic heterocycles. The second-order valence-corrected chi connectivity index (χ2v) is 16.9. The molecule has 3 nitrogen and oxygen atoms in total. The number of aryl methyl sites for hydroxylation is 3. The Bertz CT molecular complexity index is 3730. The van der Waals surface area contributed by atoms with Gasteiger partial charge in [0.25, 0.3) is 0 Å². The zero-order chi connectivity index (χ0) is 44.6. The Morgan fingerprint density at radius 3 is 1.54 bits per heavy atom. The highest BCUT2D eigenvalue weighted by Gasteiger charge is 2.34. The van der Waals surface area contributed by atoms with Crippen LogP contribution in [0.5, 0.6) is 0 Å². The Balaban J connectivity index is 1.19. The number of alkyl halides is 3. The predicted molar refractivity (Wildman–Crippen MR) is 262 cm³/mol. The number of rotatable bonds is 6. The first-order valence-electron chi connectivity index (χ1n) is 21.6. The van der Waals surface area contributed by atoms with Crippen molar-refractivity contribution in [2.75, 3.05) is 0 Å². The summed E-state index contributed by atoms with van der Waals surface area (Å²) in [4.78, 5) is 4.07. The lowest BCUT2D eigenvalue weighted by Crippen LogP contribution is -2.08. The molecule has 0 amide bonds. The van der Waals surface area contributed by atoms with E-state index in [1.165, 1.54) is 17.2 Å². The summed E-state index contributed by atoms with van der Waals surface area (Å²) >= 11 is 0. The average Bonchev–Trinajstić information content (AvgIpc) is 3.83. The molecule has 0 N–H and O–H groups in total. The van der Waals surface area contributed by atoms with Crippen molar-refractivity contribution < 1.29 is 13.2 Å². The molecule has 11 aromatic rings. The third-order valence-electron chi connectivity index (χ3n) is 12.9. The van der Waals surface area contributed by atoms with Crippen LogP contribution in [0, 0.1) is 27.3 Å². The highest BCUT2D eigenvalue weighted by Crippen LogP contribution is 2.46. The van der Waals surface area contributed by atoms with Gasteiger partial charge in [-0.3, -0.25) is 0 Å². The predicted octanol–water partition coefficient (Wildman–Crippen LogP) is 17.0. The molecule has 0 aliphatic heterocycles. The van der Waals surface area contributed by atoms with Crippen LogP contribution in [0.3, 0.4) is 0 Å². The Morgan fingerprint density at radius 2 is 0.954 bits per heavy atom. The number of nitrogens with zero attached hydrogens (tertiary/aromatic N) is 3. The number of hydrogen-bond donors (Lipinski definition) is 0. The third kappa shape index (κ3) is 6.67. The van der Waals surface area contributed by atoms with Gasteiger partial charge in [-0.05, 0) is 138 Å². The maximum atomic E-state index is 14.8. The van der Waals surface area contributed by atoms with E-state index in [0.717, 1.165) is 83.3 Å². The molecule has 0 radical (unpaired) electrons. The lowest BCUT2D eigenvalue weighted by molar-refractivity contribution is -0.137. The molecule has 0 spiro atoms. The molecular formula is C59H40F3N3. The van der Waals surface area contributed by atoms with Crippen molar-refractivity contribution in [1.82, 2.24) is 9.13 Å². The van der Waals surface area contributed by atoms with Gasteiger partial charge in [-0.2, -0.15) is 13.2 Å². The molecule has 0 bridgehead atoms. The molecule has 65 heavy (non-hydrogen) atoms. The lowest BCUT2D eigenvalue weighted by Gasteiger charge is -2.20. The van der Waals surface area contributed by atoms with E-state index in [0.29, 0.717) is 27.9 Å². The summed E-state index contributed by atoms with van der Waals surface area (Å²) in [7, 11) is 0. The second-order valence-electron chi connectivity index (χ2n) is 16.9. The molecule has 0 atom stereocenters. The molecule has 0 aliphatic rings. The molecule has 312 valence electrons. The van der Waals surface area contributed by atoms with Gasteiger partial charge >= 0.3 is 6.18 Å². The maximum Gasteiger partial charge on any atom is 0.417 e. The van der Waals surface area contributed by atoms with E-state index < -0.39 is 11.7 Å². The molecule has 0 fully saturated rings. The van der Waals surface area contributed by atoms with Gasteiger partial charge in [0.1, 0.15) is 0 Å². The van der Waals surface area contributed by atoms with E-state index in [9.17, 15) is 13.2 Å². The van der Waals surface area contributed by atoms with Gasteiger partial charge in [-0.1, -0.05) is 132 Å². The molecule has 2 heterocycles. The average molecular weight is 848 g/mol. The summed E-state index contributed by atoms with van der Waals surface area (Å²) in [6.45, 7) is 14.4. The van der Waals surface area contributed by atoms with Crippen molar-refractivity contribution in [3.05, 3.63) is 222 Å². The van der Waals surface area contributed by atoms with Gasteiger partial charge in [-0.25, -0.2) is 4.85 Å². The normalized spacial score (nSPS) is 11.8. The van der Waals surface area contributed by atoms with E-state index >= 15 is 0 Å². The minimum Gasteiger partial charge on any atom is -0.309 e. The SMILES string of the molecule is [C-]#[N+]c1ccc(-n2c3ccccc3c3cc(-c4ccc(C)cc4)ccc32)cc1-c1cc(-c2c(C)cccc2C(F)(F)F)ccc1-n1c2ccccc2c2cc(-c3ccc(C)cc3)ccc21. The highest BCUT2D eigenvalue weighted by molar-refractivity contribution is 6.12. The monoisotopic (exact) mass is 847 g/mol. The fourth-order valence-electron chi connectivity index (χ4n) is 9.70. The van der Waals surface area contributed by atoms with Crippen molar-refractivity contribution >= 4 is 49.3 Å². The van der Waals surface area contributed by atoms with Crippen molar-refractivity contribution in [2.45, 2.75) is 26.9 Å². The molecule has 0 unspecified atom stereocenters. The first kappa shape index (κ1) is 39.7. The first-order valence-corrected chi connectivity index (χ1v) is 21.6. The zero-order valence-corrected chi connectivity index (χ0v) is 35.9. The van der Waals surface area contributed by atoms with Gasteiger partial charge in [-0.15, -0.1) is 0 Å². The molecule has 11 rings (SSSR count). The van der Waals surface area contributed by atoms with Crippen molar-refractivity contribution in [3.63, 3.8) is 0 Å². The van der Waals surface area contributed by atoms with Crippen LogP contribution in [-0.2, 0) is 6.18 Å². The Hall–Kier alpha value is -8.14. The minimum atomic E-state index is -4.58. The summed E-state index contributed by atoms with van der Waals surface area (Å²) in [6.07, 6.45) is -4.58. The van der Waals surface area contributed by atoms with Crippen molar-refractivity contribution in [1.29, 1.82) is 0 Å². The lowest BCUT2D eigenvalue weighted by atomic mass is 9.91. The fourth-order valence-corrected chi connectivity index (χ4v) is 9.70. The number of aromatic nitrogens is 2. The molecule has 0 aliphatic carbocycles. The van der Waals surface area contributed by atoms with Crippen molar-refractivity contribution in [3.8, 4) is 55.9 Å². The van der Waals surface area contributed by atoms with E-state index in [1.54, 1.807) is 19.1 Å². The van der Waals surface area contributed by atoms with Crippen LogP contribution in [0.25, 0.3) is 104 Å². The molecular weight excluding hydrogens is 808 g/mol. The topological polar surface area (TPSA) is 14.2 Å². The van der Waals surface area contributed by atoms with Gasteiger partial charge in [0.15, 0.2) is 5.69 Å². The summed E-state index contributed by atoms with van der Waals surface area (Å²) in [5.41, 5.74) is 14.2. The first-order chi connectivity index (χ1) is 31.6. The molecule has 0 saturated heterocycles. The Labute approximate surface area is 374 Å². The summed E-state index contributed by atoms with van der Waals surface area (Å²) in [5.74, 6) is 0. The maximum absolute atomic E-state index is 14.8. The van der Waals surface area contributed by atoms with Crippen LogP contribution < -0.4 is 0 Å². The van der Waals surface area contributed by atoms with Crippen LogP contribution >= 0.6 is 0 Å². The zero-order valence-electron chi connectivity index (χ0n) is 35.9. The van der Waals surface area contributed by atoms with Gasteiger partial charge in [0.2, 0.25) is 0 Å². The number of hydrogen-bond acceptors (Lipinski definition) is 0. The Kier molecular flexibility index (Phi) is 9.34. The second kappa shape index (κ2) is 15.3.